The Labute approximate surface area is 190 Å². The summed E-state index contributed by atoms with van der Waals surface area (Å²) in [7, 11) is -3.16. The van der Waals surface area contributed by atoms with Crippen LogP contribution in [0.5, 0.6) is 0 Å². The zero-order valence-electron chi connectivity index (χ0n) is 17.9. The van der Waals surface area contributed by atoms with Gasteiger partial charge in [-0.3, -0.25) is 19.6 Å². The molecule has 1 N–H and O–H groups in total. The van der Waals surface area contributed by atoms with Crippen molar-refractivity contribution in [3.05, 3.63) is 58.3 Å². The fourth-order valence-electron chi connectivity index (χ4n) is 3.67. The Morgan fingerprint density at radius 2 is 2.00 bits per heavy atom. The molecule has 1 amide bonds. The van der Waals surface area contributed by atoms with Crippen molar-refractivity contribution in [3.63, 3.8) is 0 Å². The van der Waals surface area contributed by atoms with E-state index in [1.807, 2.05) is 6.07 Å². The fraction of sp³-hybridized carbons (Fsp3) is 0.333. The standard InChI is InChI=1S/C21H23N5O6S/c1-33(30,31)10-7-25-19-13-20(24-5-8-32-9-6-24)18(12-16(19)14-22-25)23-21(27)15-3-2-4-17(11-15)26(28)29/h2-4,11-14H,5-10H2,1H3,(H,23,27). The van der Waals surface area contributed by atoms with Gasteiger partial charge in [0, 0.05) is 42.4 Å². The Morgan fingerprint density at radius 3 is 2.70 bits per heavy atom. The SMILES string of the molecule is CS(=O)(=O)CCn1ncc2cc(NC(=O)c3cccc([N+](=O)[O-])c3)c(N3CCOCC3)cc21. The molecule has 2 heterocycles. The Balaban J connectivity index is 1.70. The first-order valence-electron chi connectivity index (χ1n) is 10.3. The molecule has 3 aromatic rings. The Morgan fingerprint density at radius 1 is 1.24 bits per heavy atom. The van der Waals surface area contributed by atoms with Gasteiger partial charge >= 0.3 is 0 Å². The predicted octanol–water partition coefficient (Wildman–Crippen LogP) is 2.08. The van der Waals surface area contributed by atoms with Crippen LogP contribution in [0.4, 0.5) is 17.1 Å². The number of benzene rings is 2. The predicted molar refractivity (Wildman–Crippen MR) is 124 cm³/mol. The summed E-state index contributed by atoms with van der Waals surface area (Å²) < 4.78 is 30.3. The molecular formula is C21H23N5O6S. The lowest BCUT2D eigenvalue weighted by Crippen LogP contribution is -2.36. The first kappa shape index (κ1) is 22.7. The average Bonchev–Trinajstić information content (AvgIpc) is 3.19. The number of anilines is 2. The lowest BCUT2D eigenvalue weighted by molar-refractivity contribution is -0.384. The first-order chi connectivity index (χ1) is 15.7. The Hall–Kier alpha value is -3.51. The van der Waals surface area contributed by atoms with Crippen LogP contribution in [-0.4, -0.2) is 67.3 Å². The topological polar surface area (TPSA) is 137 Å². The number of nitro benzene ring substituents is 1. The van der Waals surface area contributed by atoms with Gasteiger partial charge in [0.15, 0.2) is 0 Å². The number of nitro groups is 1. The summed E-state index contributed by atoms with van der Waals surface area (Å²) in [5.74, 6) is -0.515. The summed E-state index contributed by atoms with van der Waals surface area (Å²) in [4.78, 5) is 25.5. The number of aryl methyl sites for hydroxylation is 1. The first-order valence-corrected chi connectivity index (χ1v) is 12.3. The number of rotatable bonds is 7. The van der Waals surface area contributed by atoms with Crippen molar-refractivity contribution in [1.82, 2.24) is 9.78 Å². The molecule has 174 valence electrons. The second-order valence-electron chi connectivity index (χ2n) is 7.79. The fourth-order valence-corrected chi connectivity index (χ4v) is 4.17. The lowest BCUT2D eigenvalue weighted by Gasteiger charge is -2.30. The number of non-ortho nitro benzene ring substituents is 1. The summed E-state index contributed by atoms with van der Waals surface area (Å²) in [6.07, 6.45) is 2.79. The quantitative estimate of drug-likeness (QED) is 0.407. The molecule has 1 fully saturated rings. The normalized spacial score (nSPS) is 14.4. The molecule has 0 spiro atoms. The van der Waals surface area contributed by atoms with E-state index in [4.69, 9.17) is 4.74 Å². The number of amides is 1. The van der Waals surface area contributed by atoms with Gasteiger partial charge in [0.2, 0.25) is 0 Å². The molecule has 2 aromatic carbocycles. The smallest absolute Gasteiger partial charge is 0.270 e. The highest BCUT2D eigenvalue weighted by atomic mass is 32.2. The number of morpholine rings is 1. The Bertz CT molecular complexity index is 1310. The third-order valence-corrected chi connectivity index (χ3v) is 6.28. The number of nitrogens with one attached hydrogen (secondary N) is 1. The lowest BCUT2D eigenvalue weighted by atomic mass is 10.1. The molecule has 0 aliphatic carbocycles. The van der Waals surface area contributed by atoms with Crippen molar-refractivity contribution in [2.75, 3.05) is 48.5 Å². The molecular weight excluding hydrogens is 450 g/mol. The van der Waals surface area contributed by atoms with Crippen molar-refractivity contribution < 1.29 is 22.9 Å². The zero-order valence-corrected chi connectivity index (χ0v) is 18.7. The van der Waals surface area contributed by atoms with Gasteiger partial charge in [-0.25, -0.2) is 8.42 Å². The van der Waals surface area contributed by atoms with E-state index in [0.29, 0.717) is 32.0 Å². The number of hydrogen-bond donors (Lipinski definition) is 1. The maximum atomic E-state index is 12.9. The second kappa shape index (κ2) is 9.16. The number of aromatic nitrogens is 2. The summed E-state index contributed by atoms with van der Waals surface area (Å²) in [5, 5.41) is 19.0. The van der Waals surface area contributed by atoms with E-state index in [0.717, 1.165) is 16.6 Å². The summed E-state index contributed by atoms with van der Waals surface area (Å²) in [6, 6.07) is 9.18. The van der Waals surface area contributed by atoms with Crippen LogP contribution in [0.3, 0.4) is 0 Å². The molecule has 33 heavy (non-hydrogen) atoms. The van der Waals surface area contributed by atoms with Crippen LogP contribution in [0, 0.1) is 10.1 Å². The molecule has 0 radical (unpaired) electrons. The van der Waals surface area contributed by atoms with Gasteiger partial charge in [0.25, 0.3) is 11.6 Å². The minimum Gasteiger partial charge on any atom is -0.378 e. The second-order valence-corrected chi connectivity index (χ2v) is 10.0. The van der Waals surface area contributed by atoms with E-state index in [1.165, 1.54) is 30.5 Å². The molecule has 4 rings (SSSR count). The molecule has 1 aromatic heterocycles. The number of carbonyl (C=O) groups excluding carboxylic acids is 1. The number of hydrogen-bond acceptors (Lipinski definition) is 8. The highest BCUT2D eigenvalue weighted by Crippen LogP contribution is 2.33. The van der Waals surface area contributed by atoms with Gasteiger partial charge in [-0.05, 0) is 18.2 Å². The molecule has 1 aliphatic rings. The van der Waals surface area contributed by atoms with Gasteiger partial charge in [-0.1, -0.05) is 6.07 Å². The van der Waals surface area contributed by atoms with Crippen molar-refractivity contribution in [2.45, 2.75) is 6.54 Å². The van der Waals surface area contributed by atoms with Crippen LogP contribution in [0.15, 0.2) is 42.6 Å². The number of carbonyl (C=O) groups is 1. The zero-order chi connectivity index (χ0) is 23.6. The monoisotopic (exact) mass is 473 g/mol. The summed E-state index contributed by atoms with van der Waals surface area (Å²) in [5.41, 5.74) is 2.02. The number of ether oxygens (including phenoxy) is 1. The molecule has 12 heteroatoms. The minimum atomic E-state index is -3.16. The van der Waals surface area contributed by atoms with Crippen LogP contribution in [0.1, 0.15) is 10.4 Å². The van der Waals surface area contributed by atoms with Crippen molar-refractivity contribution >= 4 is 43.7 Å². The van der Waals surface area contributed by atoms with Gasteiger partial charge in [0.05, 0.1) is 53.5 Å². The van der Waals surface area contributed by atoms with E-state index in [2.05, 4.69) is 15.3 Å². The number of fused-ring (bicyclic) bond motifs is 1. The van der Waals surface area contributed by atoms with Crippen LogP contribution in [0.2, 0.25) is 0 Å². The van der Waals surface area contributed by atoms with Crippen molar-refractivity contribution in [2.24, 2.45) is 0 Å². The summed E-state index contributed by atoms with van der Waals surface area (Å²) in [6.45, 7) is 2.50. The number of nitrogens with zero attached hydrogens (tertiary/aromatic N) is 4. The van der Waals surface area contributed by atoms with Gasteiger partial charge in [-0.15, -0.1) is 0 Å². The molecule has 0 unspecified atom stereocenters. The van der Waals surface area contributed by atoms with E-state index < -0.39 is 20.7 Å². The maximum Gasteiger partial charge on any atom is 0.270 e. The highest BCUT2D eigenvalue weighted by Gasteiger charge is 2.20. The largest absolute Gasteiger partial charge is 0.378 e. The van der Waals surface area contributed by atoms with E-state index in [9.17, 15) is 23.3 Å². The molecule has 11 nitrogen and oxygen atoms in total. The minimum absolute atomic E-state index is 0.0397. The van der Waals surface area contributed by atoms with Crippen LogP contribution >= 0.6 is 0 Å². The van der Waals surface area contributed by atoms with Crippen molar-refractivity contribution in [1.29, 1.82) is 0 Å². The van der Waals surface area contributed by atoms with Crippen molar-refractivity contribution in [3.8, 4) is 0 Å². The number of sulfone groups is 1. The average molecular weight is 474 g/mol. The van der Waals surface area contributed by atoms with Crippen LogP contribution < -0.4 is 10.2 Å². The van der Waals surface area contributed by atoms with E-state index in [1.54, 1.807) is 16.9 Å². The highest BCUT2D eigenvalue weighted by molar-refractivity contribution is 7.90. The molecule has 0 bridgehead atoms. The third kappa shape index (κ3) is 5.29. The van der Waals surface area contributed by atoms with Gasteiger partial charge in [0.1, 0.15) is 9.84 Å². The third-order valence-electron chi connectivity index (χ3n) is 5.35. The maximum absolute atomic E-state index is 12.9. The van der Waals surface area contributed by atoms with E-state index >= 15 is 0 Å². The van der Waals surface area contributed by atoms with Crippen LogP contribution in [-0.2, 0) is 21.1 Å². The van der Waals surface area contributed by atoms with E-state index in [-0.39, 0.29) is 23.5 Å². The van der Waals surface area contributed by atoms with Gasteiger partial charge < -0.3 is 15.0 Å². The molecule has 0 saturated carbocycles. The summed E-state index contributed by atoms with van der Waals surface area (Å²) >= 11 is 0. The molecule has 0 atom stereocenters. The van der Waals surface area contributed by atoms with Crippen LogP contribution in [0.25, 0.3) is 10.9 Å². The van der Waals surface area contributed by atoms with Gasteiger partial charge in [-0.2, -0.15) is 5.10 Å². The Kier molecular flexibility index (Phi) is 6.29. The molecule has 1 aliphatic heterocycles. The molecule has 1 saturated heterocycles.